The van der Waals surface area contributed by atoms with Crippen molar-refractivity contribution >= 4 is 11.6 Å². The van der Waals surface area contributed by atoms with Gasteiger partial charge in [0.15, 0.2) is 11.9 Å². The van der Waals surface area contributed by atoms with Crippen molar-refractivity contribution in [3.63, 3.8) is 0 Å². The normalized spacial score (nSPS) is 9.67. The van der Waals surface area contributed by atoms with Gasteiger partial charge in [0.1, 0.15) is 0 Å². The Morgan fingerprint density at radius 3 is 2.48 bits per heavy atom. The van der Waals surface area contributed by atoms with Crippen molar-refractivity contribution in [3.8, 4) is 5.75 Å². The van der Waals surface area contributed by atoms with E-state index in [9.17, 15) is 4.79 Å². The SMILES string of the molecule is COc1ccc[n+](CC(=O)Nc2c(C)cccc2C)c1.[Y]. The standard InChI is InChI=1S/C16H18N2O2.Y/c1-12-6-4-7-13(2)16(12)17-15(19)11-18-9-5-8-14(10-18)20-3;/h4-10H,11H2,1-3H3;/p+1. The van der Waals surface area contributed by atoms with Crippen molar-refractivity contribution in [2.24, 2.45) is 0 Å². The molecule has 0 aliphatic rings. The third kappa shape index (κ3) is 4.90. The molecule has 2 aromatic rings. The van der Waals surface area contributed by atoms with Gasteiger partial charge >= 0.3 is 0 Å². The summed E-state index contributed by atoms with van der Waals surface area (Å²) < 4.78 is 6.93. The third-order valence-electron chi connectivity index (χ3n) is 3.14. The molecule has 1 aromatic carbocycles. The second-order valence-corrected chi connectivity index (χ2v) is 4.73. The Morgan fingerprint density at radius 2 is 1.86 bits per heavy atom. The molecule has 1 N–H and O–H groups in total. The van der Waals surface area contributed by atoms with Gasteiger partial charge in [0.05, 0.1) is 7.11 Å². The molecular weight excluding hydrogens is 341 g/mol. The maximum atomic E-state index is 12.1. The zero-order chi connectivity index (χ0) is 14.5. The van der Waals surface area contributed by atoms with Crippen LogP contribution in [0.4, 0.5) is 5.69 Å². The number of para-hydroxylation sites is 1. The number of rotatable bonds is 4. The van der Waals surface area contributed by atoms with E-state index in [4.69, 9.17) is 4.74 Å². The third-order valence-corrected chi connectivity index (χ3v) is 3.14. The monoisotopic (exact) mass is 360 g/mol. The number of hydrogen-bond donors (Lipinski definition) is 1. The Hall–Kier alpha value is -1.26. The van der Waals surface area contributed by atoms with Crippen molar-refractivity contribution in [1.29, 1.82) is 0 Å². The van der Waals surface area contributed by atoms with Gasteiger partial charge < -0.3 is 10.1 Å². The van der Waals surface area contributed by atoms with E-state index < -0.39 is 0 Å². The van der Waals surface area contributed by atoms with Gasteiger partial charge in [0.2, 0.25) is 12.7 Å². The van der Waals surface area contributed by atoms with Crippen molar-refractivity contribution in [2.45, 2.75) is 20.4 Å². The molecule has 107 valence electrons. The van der Waals surface area contributed by atoms with E-state index in [2.05, 4.69) is 5.32 Å². The fraction of sp³-hybridized carbons (Fsp3) is 0.250. The second-order valence-electron chi connectivity index (χ2n) is 4.73. The minimum absolute atomic E-state index is 0. The van der Waals surface area contributed by atoms with Crippen molar-refractivity contribution in [1.82, 2.24) is 0 Å². The summed E-state index contributed by atoms with van der Waals surface area (Å²) in [5, 5.41) is 2.96. The minimum atomic E-state index is -0.0550. The summed E-state index contributed by atoms with van der Waals surface area (Å²) in [6.07, 6.45) is 3.64. The predicted molar refractivity (Wildman–Crippen MR) is 77.7 cm³/mol. The molecule has 1 amide bonds. The quantitative estimate of drug-likeness (QED) is 0.850. The molecule has 0 saturated carbocycles. The number of carbonyl (C=O) groups is 1. The van der Waals surface area contributed by atoms with Crippen LogP contribution < -0.4 is 14.6 Å². The molecule has 21 heavy (non-hydrogen) atoms. The van der Waals surface area contributed by atoms with Gasteiger partial charge in [-0.3, -0.25) is 4.79 Å². The van der Waals surface area contributed by atoms with E-state index >= 15 is 0 Å². The molecule has 0 spiro atoms. The largest absolute Gasteiger partial charge is 0.491 e. The predicted octanol–water partition coefficient (Wildman–Crippen LogP) is 2.24. The zero-order valence-electron chi connectivity index (χ0n) is 12.6. The average Bonchev–Trinajstić information content (AvgIpc) is 2.43. The van der Waals surface area contributed by atoms with Crippen molar-refractivity contribution in [2.75, 3.05) is 12.4 Å². The molecule has 0 bridgehead atoms. The summed E-state index contributed by atoms with van der Waals surface area (Å²) in [7, 11) is 1.61. The summed E-state index contributed by atoms with van der Waals surface area (Å²) in [5.74, 6) is 0.674. The zero-order valence-corrected chi connectivity index (χ0v) is 15.4. The van der Waals surface area contributed by atoms with Gasteiger partial charge in [-0.1, -0.05) is 18.2 Å². The number of anilines is 1. The molecule has 1 radical (unpaired) electrons. The molecule has 1 heterocycles. The number of amides is 1. The first-order chi connectivity index (χ1) is 9.60. The molecule has 0 atom stereocenters. The van der Waals surface area contributed by atoms with E-state index in [0.717, 1.165) is 22.6 Å². The van der Waals surface area contributed by atoms with Gasteiger partial charge in [-0.05, 0) is 31.0 Å². The Morgan fingerprint density at radius 1 is 1.19 bits per heavy atom. The van der Waals surface area contributed by atoms with Gasteiger partial charge in [-0.25, -0.2) is 0 Å². The molecule has 1 aromatic heterocycles. The number of nitrogens with zero attached hydrogens (tertiary/aromatic N) is 1. The Labute approximate surface area is 150 Å². The number of methoxy groups -OCH3 is 1. The maximum Gasteiger partial charge on any atom is 0.290 e. The maximum absolute atomic E-state index is 12.1. The second kappa shape index (κ2) is 8.25. The average molecular weight is 360 g/mol. The van der Waals surface area contributed by atoms with Gasteiger partial charge in [0.25, 0.3) is 5.91 Å². The van der Waals surface area contributed by atoms with Crippen molar-refractivity contribution in [3.05, 3.63) is 53.9 Å². The van der Waals surface area contributed by atoms with Crippen LogP contribution in [0.1, 0.15) is 11.1 Å². The molecule has 0 fully saturated rings. The molecule has 5 heteroatoms. The first kappa shape index (κ1) is 17.8. The molecule has 0 aliphatic carbocycles. The van der Waals surface area contributed by atoms with Gasteiger partial charge in [0, 0.05) is 44.5 Å². The van der Waals surface area contributed by atoms with E-state index in [1.807, 2.05) is 50.4 Å². The van der Waals surface area contributed by atoms with Crippen molar-refractivity contribution < 1.29 is 46.8 Å². The molecule has 0 saturated heterocycles. The number of pyridine rings is 1. The van der Waals surface area contributed by atoms with Crippen LogP contribution in [0.3, 0.4) is 0 Å². The summed E-state index contributed by atoms with van der Waals surface area (Å²) in [6, 6.07) is 9.66. The number of ether oxygens (including phenoxy) is 1. The topological polar surface area (TPSA) is 42.2 Å². The molecule has 2 rings (SSSR count). The molecule has 0 unspecified atom stereocenters. The Bertz CT molecular complexity index is 609. The summed E-state index contributed by atoms with van der Waals surface area (Å²) in [4.78, 5) is 12.1. The molecular formula is C16H19N2O2Y+. The van der Waals surface area contributed by atoms with E-state index in [1.54, 1.807) is 17.9 Å². The van der Waals surface area contributed by atoms with E-state index in [0.29, 0.717) is 0 Å². The van der Waals surface area contributed by atoms with Gasteiger partial charge in [-0.15, -0.1) is 0 Å². The summed E-state index contributed by atoms with van der Waals surface area (Å²) >= 11 is 0. The summed E-state index contributed by atoms with van der Waals surface area (Å²) in [6.45, 7) is 4.23. The van der Waals surface area contributed by atoms with Gasteiger partial charge in [-0.2, -0.15) is 4.57 Å². The molecule has 0 aliphatic heterocycles. The fourth-order valence-corrected chi connectivity index (χ4v) is 2.07. The van der Waals surface area contributed by atoms with E-state index in [-0.39, 0.29) is 45.2 Å². The van der Waals surface area contributed by atoms with Crippen LogP contribution in [0.5, 0.6) is 5.75 Å². The van der Waals surface area contributed by atoms with Crippen LogP contribution in [0.15, 0.2) is 42.7 Å². The van der Waals surface area contributed by atoms with Crippen LogP contribution in [0, 0.1) is 13.8 Å². The van der Waals surface area contributed by atoms with Crippen LogP contribution in [-0.4, -0.2) is 13.0 Å². The number of hydrogen-bond acceptors (Lipinski definition) is 2. The number of carbonyl (C=O) groups excluding carboxylic acids is 1. The number of nitrogens with one attached hydrogen (secondary N) is 1. The number of aryl methyl sites for hydroxylation is 2. The number of aromatic nitrogens is 1. The Balaban J connectivity index is 0.00000220. The van der Waals surface area contributed by atoms with Crippen LogP contribution in [-0.2, 0) is 44.0 Å². The smallest absolute Gasteiger partial charge is 0.290 e. The van der Waals surface area contributed by atoms with Crippen LogP contribution in [0.2, 0.25) is 0 Å². The van der Waals surface area contributed by atoms with Crippen LogP contribution in [0.25, 0.3) is 0 Å². The van der Waals surface area contributed by atoms with Crippen LogP contribution >= 0.6 is 0 Å². The first-order valence-electron chi connectivity index (χ1n) is 6.49. The molecule has 4 nitrogen and oxygen atoms in total. The minimum Gasteiger partial charge on any atom is -0.491 e. The Kier molecular flexibility index (Phi) is 6.99. The van der Waals surface area contributed by atoms with E-state index in [1.165, 1.54) is 0 Å². The number of benzene rings is 1. The fourth-order valence-electron chi connectivity index (χ4n) is 2.07. The first-order valence-corrected chi connectivity index (χ1v) is 6.49. The summed E-state index contributed by atoms with van der Waals surface area (Å²) in [5.41, 5.74) is 3.02.